The summed E-state index contributed by atoms with van der Waals surface area (Å²) in [6.45, 7) is 7.40. The molecule has 0 aliphatic carbocycles. The Hall–Kier alpha value is -0.510. The molecule has 27 heavy (non-hydrogen) atoms. The number of nitrogens with one attached hydrogen (secondary N) is 2. The Bertz CT molecular complexity index is 513. The van der Waals surface area contributed by atoms with Crippen LogP contribution in [-0.2, 0) is 9.47 Å². The summed E-state index contributed by atoms with van der Waals surface area (Å²) in [4.78, 5) is 5.59. The zero-order valence-electron chi connectivity index (χ0n) is 16.5. The van der Waals surface area contributed by atoms with Gasteiger partial charge in [0.2, 0.25) is 0 Å². The smallest absolute Gasteiger partial charge is 0.191 e. The molecular weight excluding hydrogens is 473 g/mol. The lowest BCUT2D eigenvalue weighted by molar-refractivity contribution is 0.0203. The van der Waals surface area contributed by atoms with Gasteiger partial charge in [-0.25, -0.2) is 0 Å². The van der Waals surface area contributed by atoms with E-state index in [0.717, 1.165) is 64.7 Å². The molecule has 1 heterocycles. The Morgan fingerprint density at radius 2 is 2.00 bits per heavy atom. The molecule has 0 amide bonds. The average Bonchev–Trinajstić information content (AvgIpc) is 2.68. The normalized spacial score (nSPS) is 16.4. The maximum atomic E-state index is 5.79. The van der Waals surface area contributed by atoms with E-state index in [1.165, 1.54) is 4.90 Å². The molecule has 1 saturated heterocycles. The van der Waals surface area contributed by atoms with Gasteiger partial charge in [0.25, 0.3) is 0 Å². The quantitative estimate of drug-likeness (QED) is 0.166. The minimum atomic E-state index is 0. The SMILES string of the molecule is CN=C(NCCCOCC1CCOCC1)NCC(C)Sc1ccccc1.I. The zero-order valence-corrected chi connectivity index (χ0v) is 19.6. The summed E-state index contributed by atoms with van der Waals surface area (Å²) >= 11 is 1.87. The predicted molar refractivity (Wildman–Crippen MR) is 126 cm³/mol. The molecular formula is C20H34IN3O2S. The fraction of sp³-hybridized carbons (Fsp3) is 0.650. The number of hydrogen-bond acceptors (Lipinski definition) is 4. The molecule has 2 N–H and O–H groups in total. The third-order valence-corrected chi connectivity index (χ3v) is 5.43. The monoisotopic (exact) mass is 507 g/mol. The van der Waals surface area contributed by atoms with E-state index in [-0.39, 0.29) is 24.0 Å². The molecule has 0 bridgehead atoms. The molecule has 0 radical (unpaired) electrons. The standard InChI is InChI=1S/C20H33N3O2S.HI/c1-17(26-19-7-4-3-5-8-19)15-23-20(21-2)22-11-6-12-25-16-18-9-13-24-14-10-18;/h3-5,7-8,17-18H,6,9-16H2,1-2H3,(H2,21,22,23);1H. The van der Waals surface area contributed by atoms with Crippen molar-refractivity contribution in [3.8, 4) is 0 Å². The molecule has 7 heteroatoms. The Labute approximate surface area is 185 Å². The lowest BCUT2D eigenvalue weighted by Gasteiger charge is -2.21. The minimum Gasteiger partial charge on any atom is -0.381 e. The summed E-state index contributed by atoms with van der Waals surface area (Å²) in [6.07, 6.45) is 3.25. The maximum Gasteiger partial charge on any atom is 0.191 e. The summed E-state index contributed by atoms with van der Waals surface area (Å²) in [7, 11) is 1.81. The van der Waals surface area contributed by atoms with Gasteiger partial charge >= 0.3 is 0 Å². The van der Waals surface area contributed by atoms with Crippen LogP contribution < -0.4 is 10.6 Å². The number of thioether (sulfide) groups is 1. The average molecular weight is 507 g/mol. The van der Waals surface area contributed by atoms with Crippen LogP contribution in [-0.4, -0.2) is 57.8 Å². The van der Waals surface area contributed by atoms with E-state index in [4.69, 9.17) is 9.47 Å². The van der Waals surface area contributed by atoms with E-state index in [0.29, 0.717) is 11.2 Å². The van der Waals surface area contributed by atoms with Crippen LogP contribution in [0.5, 0.6) is 0 Å². The third kappa shape index (κ3) is 11.2. The van der Waals surface area contributed by atoms with E-state index in [2.05, 4.69) is 46.8 Å². The molecule has 1 unspecified atom stereocenters. The van der Waals surface area contributed by atoms with Gasteiger partial charge in [0.15, 0.2) is 5.96 Å². The molecule has 1 aliphatic heterocycles. The molecule has 2 rings (SSSR count). The van der Waals surface area contributed by atoms with Gasteiger partial charge in [-0.2, -0.15) is 0 Å². The van der Waals surface area contributed by atoms with Crippen molar-refractivity contribution in [2.24, 2.45) is 10.9 Å². The van der Waals surface area contributed by atoms with Crippen molar-refractivity contribution in [2.75, 3.05) is 46.6 Å². The second-order valence-corrected chi connectivity index (χ2v) is 8.12. The van der Waals surface area contributed by atoms with Crippen LogP contribution in [0.4, 0.5) is 0 Å². The van der Waals surface area contributed by atoms with Gasteiger partial charge in [0.05, 0.1) is 0 Å². The first kappa shape index (κ1) is 24.5. The largest absolute Gasteiger partial charge is 0.381 e. The lowest BCUT2D eigenvalue weighted by Crippen LogP contribution is -2.40. The van der Waals surface area contributed by atoms with Gasteiger partial charge in [-0.1, -0.05) is 25.1 Å². The third-order valence-electron chi connectivity index (χ3n) is 4.31. The summed E-state index contributed by atoms with van der Waals surface area (Å²) in [5.74, 6) is 1.53. The van der Waals surface area contributed by atoms with Crippen molar-refractivity contribution in [1.82, 2.24) is 10.6 Å². The molecule has 1 fully saturated rings. The Morgan fingerprint density at radius 1 is 1.26 bits per heavy atom. The molecule has 0 aromatic heterocycles. The van der Waals surface area contributed by atoms with Gasteiger partial charge in [0, 0.05) is 56.7 Å². The fourth-order valence-electron chi connectivity index (χ4n) is 2.78. The van der Waals surface area contributed by atoms with Crippen LogP contribution in [0.1, 0.15) is 26.2 Å². The van der Waals surface area contributed by atoms with Crippen molar-refractivity contribution in [1.29, 1.82) is 0 Å². The highest BCUT2D eigenvalue weighted by atomic mass is 127. The van der Waals surface area contributed by atoms with Crippen LogP contribution in [0.2, 0.25) is 0 Å². The first-order chi connectivity index (χ1) is 12.8. The molecule has 154 valence electrons. The number of hydrogen-bond donors (Lipinski definition) is 2. The number of ether oxygens (including phenoxy) is 2. The van der Waals surface area contributed by atoms with Crippen LogP contribution in [0.15, 0.2) is 40.2 Å². The number of guanidine groups is 1. The van der Waals surface area contributed by atoms with Crippen molar-refractivity contribution in [2.45, 2.75) is 36.3 Å². The van der Waals surface area contributed by atoms with Crippen molar-refractivity contribution < 1.29 is 9.47 Å². The summed E-state index contributed by atoms with van der Waals surface area (Å²) in [5.41, 5.74) is 0. The van der Waals surface area contributed by atoms with Gasteiger partial charge in [-0.05, 0) is 37.3 Å². The van der Waals surface area contributed by atoms with Crippen molar-refractivity contribution in [3.05, 3.63) is 30.3 Å². The molecule has 5 nitrogen and oxygen atoms in total. The number of benzene rings is 1. The van der Waals surface area contributed by atoms with Crippen molar-refractivity contribution >= 4 is 41.7 Å². The van der Waals surface area contributed by atoms with E-state index in [1.54, 1.807) is 0 Å². The number of aliphatic imine (C=N–C) groups is 1. The first-order valence-corrected chi connectivity index (χ1v) is 10.5. The van der Waals surface area contributed by atoms with E-state index < -0.39 is 0 Å². The summed E-state index contributed by atoms with van der Waals surface area (Å²) in [6, 6.07) is 10.5. The molecule has 0 saturated carbocycles. The van der Waals surface area contributed by atoms with Crippen LogP contribution in [0.25, 0.3) is 0 Å². The second-order valence-electron chi connectivity index (χ2n) is 6.61. The maximum absolute atomic E-state index is 5.79. The molecule has 1 aromatic carbocycles. The lowest BCUT2D eigenvalue weighted by atomic mass is 10.0. The Morgan fingerprint density at radius 3 is 2.70 bits per heavy atom. The first-order valence-electron chi connectivity index (χ1n) is 9.59. The number of halogens is 1. The second kappa shape index (κ2) is 15.4. The summed E-state index contributed by atoms with van der Waals surface area (Å²) in [5, 5.41) is 7.22. The Balaban J connectivity index is 0.00000364. The Kier molecular flexibility index (Phi) is 14.0. The van der Waals surface area contributed by atoms with E-state index >= 15 is 0 Å². The molecule has 0 spiro atoms. The van der Waals surface area contributed by atoms with Crippen LogP contribution in [0.3, 0.4) is 0 Å². The molecule has 1 aliphatic rings. The van der Waals surface area contributed by atoms with E-state index in [9.17, 15) is 0 Å². The van der Waals surface area contributed by atoms with Crippen LogP contribution >= 0.6 is 35.7 Å². The van der Waals surface area contributed by atoms with Gasteiger partial charge in [-0.3, -0.25) is 4.99 Å². The minimum absolute atomic E-state index is 0. The summed E-state index contributed by atoms with van der Waals surface area (Å²) < 4.78 is 11.2. The molecule has 1 atom stereocenters. The highest BCUT2D eigenvalue weighted by molar-refractivity contribution is 14.0. The number of nitrogens with zero attached hydrogens (tertiary/aromatic N) is 1. The van der Waals surface area contributed by atoms with Gasteiger partial charge in [-0.15, -0.1) is 35.7 Å². The van der Waals surface area contributed by atoms with E-state index in [1.807, 2.05) is 24.9 Å². The fourth-order valence-corrected chi connectivity index (χ4v) is 3.72. The van der Waals surface area contributed by atoms with Gasteiger partial charge in [0.1, 0.15) is 0 Å². The molecule has 1 aromatic rings. The number of rotatable bonds is 10. The zero-order chi connectivity index (χ0) is 18.5. The topological polar surface area (TPSA) is 54.9 Å². The highest BCUT2D eigenvalue weighted by Gasteiger charge is 2.13. The predicted octanol–water partition coefficient (Wildman–Crippen LogP) is 3.78. The van der Waals surface area contributed by atoms with Gasteiger partial charge < -0.3 is 20.1 Å². The van der Waals surface area contributed by atoms with Crippen LogP contribution in [0, 0.1) is 5.92 Å². The highest BCUT2D eigenvalue weighted by Crippen LogP contribution is 2.21. The van der Waals surface area contributed by atoms with Crippen molar-refractivity contribution in [3.63, 3.8) is 0 Å².